The lowest BCUT2D eigenvalue weighted by molar-refractivity contribution is 0.0999. The van der Waals surface area contributed by atoms with Crippen LogP contribution in [0.1, 0.15) is 84.0 Å². The standard InChI is InChI=1S/C26H38N4O4S2/c1-4-7-15-30(16-8-5-2)36(33,34)20-11-9-19(10-12-20)25(32)28-26-23(24(27)31)21-13-17-29(14-6-3)18-22(21)35-26/h9-12H,4-8,13-18H2,1-3H3,(H2,27,31)(H,28,32). The molecule has 1 aromatic carbocycles. The molecule has 0 fully saturated rings. The van der Waals surface area contributed by atoms with E-state index >= 15 is 0 Å². The molecule has 0 saturated carbocycles. The molecule has 2 heterocycles. The van der Waals surface area contributed by atoms with E-state index in [1.165, 1.54) is 39.9 Å². The highest BCUT2D eigenvalue weighted by molar-refractivity contribution is 7.89. The minimum atomic E-state index is -3.64. The predicted octanol–water partition coefficient (Wildman–Crippen LogP) is 4.46. The van der Waals surface area contributed by atoms with Crippen molar-refractivity contribution in [3.05, 3.63) is 45.8 Å². The number of benzene rings is 1. The van der Waals surface area contributed by atoms with E-state index in [9.17, 15) is 18.0 Å². The molecule has 0 unspecified atom stereocenters. The minimum absolute atomic E-state index is 0.173. The van der Waals surface area contributed by atoms with E-state index in [-0.39, 0.29) is 4.90 Å². The van der Waals surface area contributed by atoms with Crippen LogP contribution in [0.2, 0.25) is 0 Å². The summed E-state index contributed by atoms with van der Waals surface area (Å²) < 4.78 is 27.9. The molecule has 0 atom stereocenters. The van der Waals surface area contributed by atoms with Gasteiger partial charge in [-0.1, -0.05) is 33.6 Å². The Morgan fingerprint density at radius 2 is 1.69 bits per heavy atom. The number of nitrogens with zero attached hydrogens (tertiary/aromatic N) is 2. The number of nitrogens with two attached hydrogens (primary N) is 1. The fourth-order valence-corrected chi connectivity index (χ4v) is 7.24. The van der Waals surface area contributed by atoms with Crippen LogP contribution in [-0.2, 0) is 23.0 Å². The van der Waals surface area contributed by atoms with E-state index in [4.69, 9.17) is 5.73 Å². The van der Waals surface area contributed by atoms with Gasteiger partial charge in [0.25, 0.3) is 11.8 Å². The fourth-order valence-electron chi connectivity index (χ4n) is 4.44. The van der Waals surface area contributed by atoms with Gasteiger partial charge < -0.3 is 11.1 Å². The number of rotatable bonds is 13. The smallest absolute Gasteiger partial charge is 0.256 e. The van der Waals surface area contributed by atoms with Crippen molar-refractivity contribution in [3.8, 4) is 0 Å². The topological polar surface area (TPSA) is 113 Å². The molecule has 0 radical (unpaired) electrons. The Hall–Kier alpha value is -2.27. The van der Waals surface area contributed by atoms with E-state index in [0.717, 1.165) is 68.6 Å². The van der Waals surface area contributed by atoms with Gasteiger partial charge >= 0.3 is 0 Å². The molecule has 0 bridgehead atoms. The van der Waals surface area contributed by atoms with Gasteiger partial charge in [0.1, 0.15) is 5.00 Å². The first kappa shape index (κ1) is 28.3. The summed E-state index contributed by atoms with van der Waals surface area (Å²) in [5.41, 5.74) is 7.32. The van der Waals surface area contributed by atoms with Crippen molar-refractivity contribution < 1.29 is 18.0 Å². The van der Waals surface area contributed by atoms with E-state index in [2.05, 4.69) is 17.1 Å². The summed E-state index contributed by atoms with van der Waals surface area (Å²) in [7, 11) is -3.64. The number of carbonyl (C=O) groups excluding carboxylic acids is 2. The van der Waals surface area contributed by atoms with Gasteiger partial charge in [-0.15, -0.1) is 11.3 Å². The molecule has 0 saturated heterocycles. The number of nitrogens with one attached hydrogen (secondary N) is 1. The molecule has 8 nitrogen and oxygen atoms in total. The maximum absolute atomic E-state index is 13.2. The average Bonchev–Trinajstić information content (AvgIpc) is 3.21. The Bertz CT molecular complexity index is 1150. The van der Waals surface area contributed by atoms with Crippen LogP contribution >= 0.6 is 11.3 Å². The predicted molar refractivity (Wildman–Crippen MR) is 145 cm³/mol. The molecule has 1 aliphatic rings. The second-order valence-corrected chi connectivity index (χ2v) is 12.2. The normalized spacial score (nSPS) is 14.1. The number of hydrogen-bond acceptors (Lipinski definition) is 6. The van der Waals surface area contributed by atoms with Gasteiger partial charge in [-0.3, -0.25) is 14.5 Å². The highest BCUT2D eigenvalue weighted by Gasteiger charge is 2.28. The van der Waals surface area contributed by atoms with E-state index in [0.29, 0.717) is 29.2 Å². The molecular weight excluding hydrogens is 496 g/mol. The van der Waals surface area contributed by atoms with E-state index in [1.807, 2.05) is 13.8 Å². The van der Waals surface area contributed by atoms with Crippen LogP contribution in [0.5, 0.6) is 0 Å². The summed E-state index contributed by atoms with van der Waals surface area (Å²) >= 11 is 1.39. The Morgan fingerprint density at radius 3 is 2.25 bits per heavy atom. The molecule has 36 heavy (non-hydrogen) atoms. The second kappa shape index (κ2) is 12.8. The van der Waals surface area contributed by atoms with Gasteiger partial charge in [0.05, 0.1) is 10.5 Å². The van der Waals surface area contributed by atoms with Crippen LogP contribution in [0, 0.1) is 0 Å². The van der Waals surface area contributed by atoms with Crippen molar-refractivity contribution >= 4 is 38.2 Å². The van der Waals surface area contributed by atoms with Crippen LogP contribution in [0.25, 0.3) is 0 Å². The Balaban J connectivity index is 1.79. The number of thiophene rings is 1. The number of sulfonamides is 1. The molecule has 10 heteroatoms. The summed E-state index contributed by atoms with van der Waals surface area (Å²) in [6, 6.07) is 5.99. The van der Waals surface area contributed by atoms with Crippen molar-refractivity contribution in [2.24, 2.45) is 5.73 Å². The Labute approximate surface area is 218 Å². The minimum Gasteiger partial charge on any atom is -0.365 e. The first-order valence-electron chi connectivity index (χ1n) is 12.8. The first-order valence-corrected chi connectivity index (χ1v) is 15.1. The van der Waals surface area contributed by atoms with Gasteiger partial charge in [0.2, 0.25) is 10.0 Å². The van der Waals surface area contributed by atoms with Crippen molar-refractivity contribution in [2.75, 3.05) is 31.5 Å². The first-order chi connectivity index (χ1) is 17.2. The number of unbranched alkanes of at least 4 members (excludes halogenated alkanes) is 2. The molecule has 198 valence electrons. The van der Waals surface area contributed by atoms with Crippen molar-refractivity contribution in [3.63, 3.8) is 0 Å². The van der Waals surface area contributed by atoms with Crippen molar-refractivity contribution in [2.45, 2.75) is 70.7 Å². The Kier molecular flexibility index (Phi) is 10.1. The SMILES string of the molecule is CCCCN(CCCC)S(=O)(=O)c1ccc(C(=O)Nc2sc3c(c2C(N)=O)CCN(CCC)C3)cc1. The highest BCUT2D eigenvalue weighted by Crippen LogP contribution is 2.37. The summed E-state index contributed by atoms with van der Waals surface area (Å²) in [5, 5.41) is 3.31. The lowest BCUT2D eigenvalue weighted by Gasteiger charge is -2.26. The maximum atomic E-state index is 13.2. The van der Waals surface area contributed by atoms with Gasteiger partial charge in [-0.25, -0.2) is 8.42 Å². The molecule has 2 amide bonds. The third-order valence-corrected chi connectivity index (χ3v) is 9.47. The number of amides is 2. The number of primary amides is 1. The molecule has 1 aromatic heterocycles. The van der Waals surface area contributed by atoms with E-state index < -0.39 is 21.8 Å². The zero-order valence-electron chi connectivity index (χ0n) is 21.5. The summed E-state index contributed by atoms with van der Waals surface area (Å²) in [6.07, 6.45) is 5.19. The molecular formula is C26H38N4O4S2. The third-order valence-electron chi connectivity index (χ3n) is 6.43. The largest absolute Gasteiger partial charge is 0.365 e. The number of anilines is 1. The highest BCUT2D eigenvalue weighted by atomic mass is 32.2. The molecule has 0 aliphatic carbocycles. The number of hydrogen-bond donors (Lipinski definition) is 2. The van der Waals surface area contributed by atoms with E-state index in [1.54, 1.807) is 0 Å². The monoisotopic (exact) mass is 534 g/mol. The lowest BCUT2D eigenvalue weighted by Crippen LogP contribution is -2.33. The molecule has 0 spiro atoms. The van der Waals surface area contributed by atoms with Gasteiger partial charge in [0, 0.05) is 36.6 Å². The molecule has 1 aliphatic heterocycles. The second-order valence-electron chi connectivity index (χ2n) is 9.19. The summed E-state index contributed by atoms with van der Waals surface area (Å²) in [4.78, 5) is 28.8. The van der Waals surface area contributed by atoms with Gasteiger partial charge in [-0.05, 0) is 62.1 Å². The number of fused-ring (bicyclic) bond motifs is 1. The molecule has 2 aromatic rings. The zero-order valence-corrected chi connectivity index (χ0v) is 23.1. The summed E-state index contributed by atoms with van der Waals surface area (Å²) in [5.74, 6) is -0.952. The van der Waals surface area contributed by atoms with Crippen LogP contribution in [-0.4, -0.2) is 55.6 Å². The quantitative estimate of drug-likeness (QED) is 0.394. The van der Waals surface area contributed by atoms with Crippen LogP contribution in [0.3, 0.4) is 0 Å². The third kappa shape index (κ3) is 6.53. The Morgan fingerprint density at radius 1 is 1.06 bits per heavy atom. The zero-order chi connectivity index (χ0) is 26.3. The van der Waals surface area contributed by atoms with Crippen molar-refractivity contribution in [1.29, 1.82) is 0 Å². The van der Waals surface area contributed by atoms with Crippen LogP contribution < -0.4 is 11.1 Å². The van der Waals surface area contributed by atoms with Gasteiger partial charge in [0.15, 0.2) is 0 Å². The molecule has 3 rings (SSSR count). The van der Waals surface area contributed by atoms with Crippen LogP contribution in [0.4, 0.5) is 5.00 Å². The van der Waals surface area contributed by atoms with Gasteiger partial charge in [-0.2, -0.15) is 4.31 Å². The molecule has 3 N–H and O–H groups in total. The summed E-state index contributed by atoms with van der Waals surface area (Å²) in [6.45, 7) is 9.74. The van der Waals surface area contributed by atoms with Crippen LogP contribution in [0.15, 0.2) is 29.2 Å². The average molecular weight is 535 g/mol. The maximum Gasteiger partial charge on any atom is 0.256 e. The fraction of sp³-hybridized carbons (Fsp3) is 0.538. The number of carbonyl (C=O) groups is 2. The lowest BCUT2D eigenvalue weighted by atomic mass is 10.0. The van der Waals surface area contributed by atoms with Crippen molar-refractivity contribution in [1.82, 2.24) is 9.21 Å².